The normalized spacial score (nSPS) is 20.0. The first kappa shape index (κ1) is 29.1. The largest absolute Gasteiger partial charge is 0.493 e. The number of thiazole rings is 1. The van der Waals surface area contributed by atoms with Crippen molar-refractivity contribution in [2.75, 3.05) is 53.0 Å². The van der Waals surface area contributed by atoms with Crippen molar-refractivity contribution in [1.82, 2.24) is 20.1 Å². The lowest BCUT2D eigenvalue weighted by atomic mass is 9.88. The average molecular weight is 627 g/mol. The topological polar surface area (TPSA) is 110 Å². The highest BCUT2D eigenvalue weighted by molar-refractivity contribution is 7.16. The van der Waals surface area contributed by atoms with Gasteiger partial charge >= 0.3 is 0 Å². The summed E-state index contributed by atoms with van der Waals surface area (Å²) in [6.07, 6.45) is 1.36. The van der Waals surface area contributed by atoms with Gasteiger partial charge in [0.2, 0.25) is 5.91 Å². The summed E-state index contributed by atoms with van der Waals surface area (Å²) >= 11 is 1.49. The highest BCUT2D eigenvalue weighted by atomic mass is 32.1. The molecule has 3 amide bonds. The molecule has 232 valence electrons. The monoisotopic (exact) mass is 626 g/mol. The third kappa shape index (κ3) is 5.80. The van der Waals surface area contributed by atoms with Gasteiger partial charge in [-0.25, -0.2) is 4.98 Å². The number of nitrogens with zero attached hydrogens (tertiary/aromatic N) is 3. The van der Waals surface area contributed by atoms with Crippen molar-refractivity contribution in [1.29, 1.82) is 0 Å². The lowest BCUT2D eigenvalue weighted by molar-refractivity contribution is -0.124. The van der Waals surface area contributed by atoms with Crippen molar-refractivity contribution in [3.63, 3.8) is 0 Å². The Balaban J connectivity index is 1.13. The maximum Gasteiger partial charge on any atom is 0.253 e. The number of benzene rings is 3. The van der Waals surface area contributed by atoms with E-state index in [9.17, 15) is 14.4 Å². The van der Waals surface area contributed by atoms with Gasteiger partial charge in [0.05, 0.1) is 41.9 Å². The van der Waals surface area contributed by atoms with Crippen LogP contribution in [0.4, 0.5) is 0 Å². The van der Waals surface area contributed by atoms with Crippen LogP contribution < -0.4 is 19.5 Å². The summed E-state index contributed by atoms with van der Waals surface area (Å²) in [4.78, 5) is 48.8. The highest BCUT2D eigenvalue weighted by Crippen LogP contribution is 2.38. The zero-order valence-electron chi connectivity index (χ0n) is 25.0. The molecular formula is C34H34N4O6S. The van der Waals surface area contributed by atoms with Crippen LogP contribution in [0.25, 0.3) is 10.2 Å². The Hall–Kier alpha value is -4.64. The number of methoxy groups -OCH3 is 1. The smallest absolute Gasteiger partial charge is 0.253 e. The number of likely N-dealkylation sites (tertiary alicyclic amines) is 1. The molecule has 11 heteroatoms. The van der Waals surface area contributed by atoms with Crippen LogP contribution in [0, 0.1) is 5.92 Å². The molecule has 0 unspecified atom stereocenters. The molecular weight excluding hydrogens is 592 g/mol. The molecule has 0 aliphatic carbocycles. The Morgan fingerprint density at radius 2 is 1.71 bits per heavy atom. The van der Waals surface area contributed by atoms with Gasteiger partial charge in [-0.1, -0.05) is 6.07 Å². The molecule has 2 atom stereocenters. The van der Waals surface area contributed by atoms with E-state index in [2.05, 4.69) is 10.3 Å². The van der Waals surface area contributed by atoms with Crippen molar-refractivity contribution in [3.8, 4) is 17.2 Å². The molecule has 1 aromatic heterocycles. The number of hydrogen-bond acceptors (Lipinski definition) is 8. The molecule has 3 aliphatic heterocycles. The minimum absolute atomic E-state index is 0.0889. The van der Waals surface area contributed by atoms with Crippen molar-refractivity contribution in [2.45, 2.75) is 18.8 Å². The third-order valence-corrected chi connectivity index (χ3v) is 9.68. The van der Waals surface area contributed by atoms with Crippen LogP contribution in [0.1, 0.15) is 44.2 Å². The summed E-state index contributed by atoms with van der Waals surface area (Å²) in [6, 6.07) is 16.8. The van der Waals surface area contributed by atoms with Crippen LogP contribution in [0.3, 0.4) is 0 Å². The molecule has 4 aromatic rings. The molecule has 0 spiro atoms. The highest BCUT2D eigenvalue weighted by Gasteiger charge is 2.41. The molecule has 1 N–H and O–H groups in total. The van der Waals surface area contributed by atoms with E-state index in [0.29, 0.717) is 68.4 Å². The second-order valence-electron chi connectivity index (χ2n) is 11.6. The van der Waals surface area contributed by atoms with Gasteiger partial charge in [-0.05, 0) is 66.1 Å². The van der Waals surface area contributed by atoms with Crippen LogP contribution >= 0.6 is 11.3 Å². The first-order valence-corrected chi connectivity index (χ1v) is 16.1. The number of aromatic nitrogens is 1. The fourth-order valence-electron chi connectivity index (χ4n) is 6.48. The van der Waals surface area contributed by atoms with Crippen LogP contribution in [0.15, 0.2) is 60.1 Å². The zero-order chi connectivity index (χ0) is 30.9. The van der Waals surface area contributed by atoms with Crippen LogP contribution in [0.5, 0.6) is 17.2 Å². The van der Waals surface area contributed by atoms with Gasteiger partial charge in [0.25, 0.3) is 11.8 Å². The number of fused-ring (bicyclic) bond motifs is 6. The second-order valence-corrected chi connectivity index (χ2v) is 12.5. The minimum atomic E-state index is -0.448. The number of hydrogen-bond donors (Lipinski definition) is 1. The number of carbonyl (C=O) groups excluding carboxylic acids is 3. The van der Waals surface area contributed by atoms with Gasteiger partial charge in [-0.15, -0.1) is 11.3 Å². The number of nitrogens with one attached hydrogen (secondary N) is 1. The maximum absolute atomic E-state index is 13.7. The van der Waals surface area contributed by atoms with Crippen LogP contribution in [0.2, 0.25) is 0 Å². The van der Waals surface area contributed by atoms with Gasteiger partial charge in [-0.2, -0.15) is 0 Å². The van der Waals surface area contributed by atoms with Crippen molar-refractivity contribution < 1.29 is 28.6 Å². The Kier molecular flexibility index (Phi) is 8.01. The lowest BCUT2D eigenvalue weighted by Gasteiger charge is -2.25. The molecule has 0 radical (unpaired) electrons. The molecule has 1 saturated heterocycles. The molecule has 4 heterocycles. The molecule has 1 fully saturated rings. The Morgan fingerprint density at radius 1 is 0.911 bits per heavy atom. The number of rotatable bonds is 3. The maximum atomic E-state index is 13.7. The summed E-state index contributed by atoms with van der Waals surface area (Å²) in [5.74, 6) is 0.948. The van der Waals surface area contributed by atoms with Crippen molar-refractivity contribution in [3.05, 3.63) is 82.4 Å². The lowest BCUT2D eigenvalue weighted by Crippen LogP contribution is -2.39. The first-order valence-electron chi connectivity index (χ1n) is 15.2. The summed E-state index contributed by atoms with van der Waals surface area (Å²) < 4.78 is 18.4. The Bertz CT molecular complexity index is 1770. The number of amides is 3. The fraction of sp³-hybridized carbons (Fsp3) is 0.353. The minimum Gasteiger partial charge on any atom is -0.493 e. The van der Waals surface area contributed by atoms with E-state index in [-0.39, 0.29) is 30.2 Å². The Morgan fingerprint density at radius 3 is 2.60 bits per heavy atom. The zero-order valence-corrected chi connectivity index (χ0v) is 25.8. The van der Waals surface area contributed by atoms with E-state index in [1.54, 1.807) is 34.6 Å². The van der Waals surface area contributed by atoms with Crippen LogP contribution in [-0.4, -0.2) is 85.6 Å². The SMILES string of the molecule is COc1ccc2cc1OCCN(C(=O)c1ccc3c(c1)CCO3)CCCNC(=O)[C@H]1CN(C(=O)c3ccc4ncsc4c3)C[C@H]21. The number of carbonyl (C=O) groups is 3. The molecule has 3 aliphatic rings. The fourth-order valence-corrected chi connectivity index (χ4v) is 7.19. The predicted molar refractivity (Wildman–Crippen MR) is 169 cm³/mol. The van der Waals surface area contributed by atoms with E-state index >= 15 is 0 Å². The van der Waals surface area contributed by atoms with Crippen molar-refractivity contribution in [2.24, 2.45) is 5.92 Å². The summed E-state index contributed by atoms with van der Waals surface area (Å²) in [6.45, 7) is 2.82. The molecule has 45 heavy (non-hydrogen) atoms. The molecule has 10 nitrogen and oxygen atoms in total. The predicted octanol–water partition coefficient (Wildman–Crippen LogP) is 4.14. The average Bonchev–Trinajstić information content (AvgIpc) is 3.84. The standard InChI is InChI=1S/C34H34N4O6S/c1-42-29-8-4-21-16-30(29)44-14-12-37(33(40)23-5-7-28-22(15-23)9-13-43-28)11-2-10-35-32(39)26-19-38(18-25(21)26)34(41)24-3-6-27-31(17-24)45-20-36-27/h3-8,15-17,20,25-26H,2,9-14,18-19H2,1H3,(H,35,39)/t25-,26+/m1/s1. The van der Waals surface area contributed by atoms with E-state index < -0.39 is 5.92 Å². The molecule has 7 rings (SSSR count). The second kappa shape index (κ2) is 12.4. The third-order valence-electron chi connectivity index (χ3n) is 8.88. The summed E-state index contributed by atoms with van der Waals surface area (Å²) in [5.41, 5.74) is 5.75. The van der Waals surface area contributed by atoms with E-state index in [1.807, 2.05) is 42.5 Å². The van der Waals surface area contributed by atoms with Gasteiger partial charge in [-0.3, -0.25) is 14.4 Å². The van der Waals surface area contributed by atoms with Gasteiger partial charge in [0, 0.05) is 49.6 Å². The summed E-state index contributed by atoms with van der Waals surface area (Å²) in [5, 5.41) is 3.10. The van der Waals surface area contributed by atoms with E-state index in [1.165, 1.54) is 11.3 Å². The van der Waals surface area contributed by atoms with Crippen LogP contribution in [-0.2, 0) is 11.2 Å². The summed E-state index contributed by atoms with van der Waals surface area (Å²) in [7, 11) is 1.58. The van der Waals surface area contributed by atoms with Crippen molar-refractivity contribution >= 4 is 39.3 Å². The molecule has 2 bridgehead atoms. The Labute approximate surface area is 264 Å². The van der Waals surface area contributed by atoms with Gasteiger partial charge in [0.1, 0.15) is 12.4 Å². The van der Waals surface area contributed by atoms with Gasteiger partial charge < -0.3 is 29.3 Å². The van der Waals surface area contributed by atoms with E-state index in [0.717, 1.165) is 33.5 Å². The quantitative estimate of drug-likeness (QED) is 0.364. The molecule has 3 aromatic carbocycles. The number of ether oxygens (including phenoxy) is 3. The van der Waals surface area contributed by atoms with Gasteiger partial charge in [0.15, 0.2) is 11.5 Å². The van der Waals surface area contributed by atoms with E-state index in [4.69, 9.17) is 14.2 Å². The molecule has 0 saturated carbocycles. The first-order chi connectivity index (χ1) is 22.0.